The molecule has 0 aliphatic carbocycles. The highest BCUT2D eigenvalue weighted by molar-refractivity contribution is 5.53. The van der Waals surface area contributed by atoms with Crippen molar-refractivity contribution in [3.63, 3.8) is 0 Å². The molecule has 0 aliphatic rings. The Balaban J connectivity index is 2.39. The Morgan fingerprint density at radius 2 is 1.83 bits per heavy atom. The number of hydrogen-bond donors (Lipinski definition) is 1. The largest absolute Gasteiger partial charge is 0.508 e. The molecule has 0 aromatic heterocycles. The molecule has 0 saturated heterocycles. The van der Waals surface area contributed by atoms with Gasteiger partial charge in [-0.05, 0) is 36.8 Å². The lowest BCUT2D eigenvalue weighted by Gasteiger charge is -2.08. The number of aryl methyl sites for hydroxylation is 1. The van der Waals surface area contributed by atoms with Crippen LogP contribution in [0.2, 0.25) is 0 Å². The van der Waals surface area contributed by atoms with Crippen LogP contribution < -0.4 is 4.74 Å². The van der Waals surface area contributed by atoms with E-state index in [4.69, 9.17) is 9.84 Å². The van der Waals surface area contributed by atoms with Gasteiger partial charge in [0.15, 0.2) is 0 Å². The third-order valence-electron chi connectivity index (χ3n) is 2.44. The third-order valence-corrected chi connectivity index (χ3v) is 2.44. The normalized spacial score (nSPS) is 10.1. The average Bonchev–Trinajstić information content (AvgIpc) is 2.34. The van der Waals surface area contributed by atoms with Crippen LogP contribution in [-0.2, 0) is 0 Å². The number of aromatic hydroxyl groups is 1. The first-order chi connectivity index (χ1) is 8.58. The number of hydrogen-bond acceptors (Lipinski definition) is 4. The summed E-state index contributed by atoms with van der Waals surface area (Å²) in [4.78, 5) is 10.4. The molecule has 1 N–H and O–H groups in total. The molecule has 5 nitrogen and oxygen atoms in total. The second-order valence-corrected chi connectivity index (χ2v) is 3.78. The zero-order chi connectivity index (χ0) is 13.1. The molecule has 0 amide bonds. The molecule has 18 heavy (non-hydrogen) atoms. The maximum atomic E-state index is 10.9. The van der Waals surface area contributed by atoms with Gasteiger partial charge in [0.05, 0.1) is 4.92 Å². The summed E-state index contributed by atoms with van der Waals surface area (Å²) in [5.41, 5.74) is 0.598. The van der Waals surface area contributed by atoms with Gasteiger partial charge in [-0.2, -0.15) is 0 Å². The first-order valence-corrected chi connectivity index (χ1v) is 5.29. The van der Waals surface area contributed by atoms with Gasteiger partial charge in [-0.15, -0.1) is 0 Å². The molecule has 5 heteroatoms. The lowest BCUT2D eigenvalue weighted by Crippen LogP contribution is -1.95. The summed E-state index contributed by atoms with van der Waals surface area (Å²) in [6, 6.07) is 10.7. The maximum absolute atomic E-state index is 10.9. The molecule has 0 fully saturated rings. The quantitative estimate of drug-likeness (QED) is 0.664. The van der Waals surface area contributed by atoms with Gasteiger partial charge in [-0.3, -0.25) is 10.1 Å². The van der Waals surface area contributed by atoms with Crippen molar-refractivity contribution in [1.82, 2.24) is 0 Å². The molecular weight excluding hydrogens is 234 g/mol. The zero-order valence-corrected chi connectivity index (χ0v) is 9.66. The number of benzene rings is 2. The number of nitrogens with zero attached hydrogens (tertiary/aromatic N) is 1. The van der Waals surface area contributed by atoms with Crippen LogP contribution in [-0.4, -0.2) is 10.0 Å². The predicted octanol–water partition coefficient (Wildman–Crippen LogP) is 3.40. The molecule has 0 bridgehead atoms. The van der Waals surface area contributed by atoms with E-state index in [9.17, 15) is 10.1 Å². The van der Waals surface area contributed by atoms with E-state index >= 15 is 0 Å². The molecule has 0 unspecified atom stereocenters. The van der Waals surface area contributed by atoms with E-state index < -0.39 is 4.92 Å². The van der Waals surface area contributed by atoms with Gasteiger partial charge in [-0.25, -0.2) is 0 Å². The number of ether oxygens (including phenoxy) is 1. The Morgan fingerprint density at radius 1 is 1.17 bits per heavy atom. The van der Waals surface area contributed by atoms with E-state index in [2.05, 4.69) is 0 Å². The van der Waals surface area contributed by atoms with Gasteiger partial charge >= 0.3 is 5.69 Å². The summed E-state index contributed by atoms with van der Waals surface area (Å²) in [5, 5.41) is 20.1. The van der Waals surface area contributed by atoms with E-state index in [1.807, 2.05) is 0 Å². The maximum Gasteiger partial charge on any atom is 0.311 e. The van der Waals surface area contributed by atoms with E-state index in [0.29, 0.717) is 11.3 Å². The molecule has 2 aromatic carbocycles. The highest BCUT2D eigenvalue weighted by Crippen LogP contribution is 2.34. The van der Waals surface area contributed by atoms with Crippen LogP contribution in [0.3, 0.4) is 0 Å². The van der Waals surface area contributed by atoms with Crippen molar-refractivity contribution in [2.75, 3.05) is 0 Å². The van der Waals surface area contributed by atoms with Gasteiger partial charge in [0.25, 0.3) is 0 Å². The number of nitro groups is 1. The molecule has 0 spiro atoms. The fraction of sp³-hybridized carbons (Fsp3) is 0.0769. The predicted molar refractivity (Wildman–Crippen MR) is 66.0 cm³/mol. The molecule has 0 atom stereocenters. The topological polar surface area (TPSA) is 72.6 Å². The molecule has 0 aliphatic heterocycles. The fourth-order valence-corrected chi connectivity index (χ4v) is 1.55. The Labute approximate surface area is 103 Å². The second kappa shape index (κ2) is 4.75. The lowest BCUT2D eigenvalue weighted by atomic mass is 10.2. The highest BCUT2D eigenvalue weighted by Gasteiger charge is 2.17. The summed E-state index contributed by atoms with van der Waals surface area (Å²) in [7, 11) is 0. The van der Waals surface area contributed by atoms with Crippen molar-refractivity contribution in [2.24, 2.45) is 0 Å². The molecular formula is C13H11NO4. The van der Waals surface area contributed by atoms with Gasteiger partial charge < -0.3 is 9.84 Å². The van der Waals surface area contributed by atoms with E-state index in [0.717, 1.165) is 0 Å². The first kappa shape index (κ1) is 11.9. The van der Waals surface area contributed by atoms with Crippen molar-refractivity contribution in [1.29, 1.82) is 0 Å². The van der Waals surface area contributed by atoms with Crippen molar-refractivity contribution < 1.29 is 14.8 Å². The van der Waals surface area contributed by atoms with Crippen LogP contribution in [0, 0.1) is 17.0 Å². The Bertz CT molecular complexity index is 578. The van der Waals surface area contributed by atoms with Crippen molar-refractivity contribution in [3.05, 3.63) is 58.1 Å². The average molecular weight is 245 g/mol. The van der Waals surface area contributed by atoms with E-state index in [-0.39, 0.29) is 17.2 Å². The van der Waals surface area contributed by atoms with Gasteiger partial charge in [0, 0.05) is 6.07 Å². The van der Waals surface area contributed by atoms with Crippen LogP contribution in [0.25, 0.3) is 0 Å². The Hall–Kier alpha value is -2.56. The van der Waals surface area contributed by atoms with Crippen LogP contribution in [0.4, 0.5) is 5.69 Å². The summed E-state index contributed by atoms with van der Waals surface area (Å²) >= 11 is 0. The monoisotopic (exact) mass is 245 g/mol. The molecule has 0 heterocycles. The summed E-state index contributed by atoms with van der Waals surface area (Å²) in [6.07, 6.45) is 0. The van der Waals surface area contributed by atoms with Gasteiger partial charge in [0.2, 0.25) is 5.75 Å². The number of phenolic OH excluding ortho intramolecular Hbond substituents is 1. The summed E-state index contributed by atoms with van der Waals surface area (Å²) < 4.78 is 5.50. The minimum atomic E-state index is -0.483. The SMILES string of the molecule is Cc1cccc([N+](=O)[O-])c1Oc1ccc(O)cc1. The minimum absolute atomic E-state index is 0.0805. The minimum Gasteiger partial charge on any atom is -0.508 e. The lowest BCUT2D eigenvalue weighted by molar-refractivity contribution is -0.385. The molecule has 0 saturated carbocycles. The van der Waals surface area contributed by atoms with Crippen molar-refractivity contribution in [2.45, 2.75) is 6.92 Å². The number of phenols is 1. The van der Waals surface area contributed by atoms with E-state index in [1.54, 1.807) is 31.2 Å². The zero-order valence-electron chi connectivity index (χ0n) is 9.66. The van der Waals surface area contributed by atoms with Crippen molar-refractivity contribution in [3.8, 4) is 17.2 Å². The second-order valence-electron chi connectivity index (χ2n) is 3.78. The fourth-order valence-electron chi connectivity index (χ4n) is 1.55. The number of para-hydroxylation sites is 1. The van der Waals surface area contributed by atoms with Gasteiger partial charge in [-0.1, -0.05) is 12.1 Å². The van der Waals surface area contributed by atoms with Crippen LogP contribution in [0.1, 0.15) is 5.56 Å². The van der Waals surface area contributed by atoms with Crippen LogP contribution in [0.5, 0.6) is 17.2 Å². The van der Waals surface area contributed by atoms with Crippen molar-refractivity contribution >= 4 is 5.69 Å². The summed E-state index contributed by atoms with van der Waals surface area (Å²) in [5.74, 6) is 0.764. The molecule has 2 aromatic rings. The number of nitro benzene ring substituents is 1. The molecule has 0 radical (unpaired) electrons. The van der Waals surface area contributed by atoms with Gasteiger partial charge in [0.1, 0.15) is 11.5 Å². The highest BCUT2D eigenvalue weighted by atomic mass is 16.6. The Kier molecular flexibility index (Phi) is 3.14. The number of rotatable bonds is 3. The molecule has 92 valence electrons. The first-order valence-electron chi connectivity index (χ1n) is 5.29. The molecule has 2 rings (SSSR count). The summed E-state index contributed by atoms with van der Waals surface area (Å²) in [6.45, 7) is 1.74. The van der Waals surface area contributed by atoms with E-state index in [1.165, 1.54) is 18.2 Å². The smallest absolute Gasteiger partial charge is 0.311 e. The van der Waals surface area contributed by atoms with Crippen LogP contribution >= 0.6 is 0 Å². The van der Waals surface area contributed by atoms with Crippen LogP contribution in [0.15, 0.2) is 42.5 Å². The third kappa shape index (κ3) is 2.40. The Morgan fingerprint density at radius 3 is 2.44 bits per heavy atom. The standard InChI is InChI=1S/C13H11NO4/c1-9-3-2-4-12(14(16)17)13(9)18-11-7-5-10(15)6-8-11/h2-8,15H,1H3.